The number of alkyl carbamates (subject to hydrolysis) is 1. The summed E-state index contributed by atoms with van der Waals surface area (Å²) in [6, 6.07) is 15.3. The molecule has 0 aliphatic rings. The zero-order valence-electron chi connectivity index (χ0n) is 28.1. The molecule has 2 unspecified atom stereocenters. The van der Waals surface area contributed by atoms with E-state index in [4.69, 9.17) is 16.0 Å². The van der Waals surface area contributed by atoms with Crippen LogP contribution in [0.5, 0.6) is 0 Å². The minimum absolute atomic E-state index is 0.0743. The average Bonchev–Trinajstić information content (AvgIpc) is 3.94. The quantitative estimate of drug-likeness (QED) is 0.0669. The van der Waals surface area contributed by atoms with E-state index in [1.165, 1.54) is 34.4 Å². The van der Waals surface area contributed by atoms with Gasteiger partial charge in [-0.1, -0.05) is 4.63 Å². The third-order valence-corrected chi connectivity index (χ3v) is 9.93. The molecule has 52 heavy (non-hydrogen) atoms. The molecule has 2 atom stereocenters. The Hall–Kier alpha value is -4.72. The van der Waals surface area contributed by atoms with E-state index in [2.05, 4.69) is 51.6 Å². The highest BCUT2D eigenvalue weighted by Crippen LogP contribution is 2.26. The van der Waals surface area contributed by atoms with E-state index in [1.54, 1.807) is 38.3 Å². The van der Waals surface area contributed by atoms with E-state index in [0.29, 0.717) is 12.2 Å². The number of thiophene rings is 2. The van der Waals surface area contributed by atoms with Gasteiger partial charge in [-0.25, -0.2) is 4.79 Å². The van der Waals surface area contributed by atoms with Crippen LogP contribution in [0.25, 0.3) is 20.2 Å². The van der Waals surface area contributed by atoms with Crippen molar-refractivity contribution in [3.8, 4) is 0 Å². The lowest BCUT2D eigenvalue weighted by atomic mass is 10.0. The number of anilines is 2. The van der Waals surface area contributed by atoms with Gasteiger partial charge in [-0.05, 0) is 135 Å². The number of ether oxygens (including phenoxy) is 1. The molecule has 0 spiro atoms. The fourth-order valence-corrected chi connectivity index (χ4v) is 7.39. The van der Waals surface area contributed by atoms with Gasteiger partial charge in [0.15, 0.2) is 0 Å². The van der Waals surface area contributed by atoms with Crippen LogP contribution in [0, 0.1) is 5.53 Å². The lowest BCUT2D eigenvalue weighted by Gasteiger charge is -2.21. The highest BCUT2D eigenvalue weighted by atomic mass is 35.5. The molecule has 19 heteroatoms. The van der Waals surface area contributed by atoms with Crippen LogP contribution in [0.2, 0.25) is 0 Å². The van der Waals surface area contributed by atoms with Crippen molar-refractivity contribution in [3.05, 3.63) is 93.6 Å². The third kappa shape index (κ3) is 12.2. The van der Waals surface area contributed by atoms with Gasteiger partial charge in [-0.15, -0.1) is 0 Å². The SMILES string of the molecule is CC(C)(C)OC(=O)NCC(C(=O)Nc1ccc2cnsc2c1)c1ccsc1.N=NN=NCl.NCC(C(=O)Nc1ccc2cnsc2c1)c1ccsc1. The number of carbonyl (C=O) groups excluding carboxylic acids is 3. The smallest absolute Gasteiger partial charge is 0.407 e. The maximum Gasteiger partial charge on any atom is 0.407 e. The van der Waals surface area contributed by atoms with Gasteiger partial charge in [0.1, 0.15) is 5.60 Å². The molecule has 0 aliphatic heterocycles. The van der Waals surface area contributed by atoms with E-state index < -0.39 is 17.6 Å². The van der Waals surface area contributed by atoms with Gasteiger partial charge in [0.25, 0.3) is 0 Å². The second-order valence-corrected chi connectivity index (χ2v) is 15.1. The summed E-state index contributed by atoms with van der Waals surface area (Å²) in [5, 5.41) is 23.5. The van der Waals surface area contributed by atoms with Crippen molar-refractivity contribution in [2.75, 3.05) is 23.7 Å². The summed E-state index contributed by atoms with van der Waals surface area (Å²) in [5.41, 5.74) is 14.3. The molecule has 6 rings (SSSR count). The first-order chi connectivity index (χ1) is 25.0. The van der Waals surface area contributed by atoms with Gasteiger partial charge < -0.3 is 26.4 Å². The number of fused-ring (bicyclic) bond motifs is 2. The highest BCUT2D eigenvalue weighted by molar-refractivity contribution is 7.13. The molecule has 2 aromatic carbocycles. The van der Waals surface area contributed by atoms with Crippen LogP contribution < -0.4 is 21.7 Å². The van der Waals surface area contributed by atoms with Gasteiger partial charge in [0.05, 0.1) is 33.0 Å². The van der Waals surface area contributed by atoms with Crippen molar-refractivity contribution in [2.45, 2.75) is 38.2 Å². The number of nitrogens with one attached hydrogen (secondary N) is 4. The number of halogens is 1. The molecule has 0 saturated heterocycles. The minimum atomic E-state index is -0.589. The van der Waals surface area contributed by atoms with Crippen LogP contribution in [-0.4, -0.2) is 45.3 Å². The van der Waals surface area contributed by atoms with Gasteiger partial charge in [-0.2, -0.15) is 37.0 Å². The van der Waals surface area contributed by atoms with Crippen molar-refractivity contribution in [1.29, 1.82) is 5.53 Å². The number of benzene rings is 2. The van der Waals surface area contributed by atoms with Crippen molar-refractivity contribution in [2.24, 2.45) is 20.8 Å². The van der Waals surface area contributed by atoms with Crippen molar-refractivity contribution >= 4 is 107 Å². The molecule has 0 fully saturated rings. The average molecular weight is 799 g/mol. The van der Waals surface area contributed by atoms with Crippen molar-refractivity contribution in [3.63, 3.8) is 0 Å². The molecule has 0 radical (unpaired) electrons. The molecular weight excluding hydrogens is 764 g/mol. The molecule has 14 nitrogen and oxygen atoms in total. The monoisotopic (exact) mass is 798 g/mol. The Morgan fingerprint density at radius 1 is 0.865 bits per heavy atom. The maximum absolute atomic E-state index is 12.9. The highest BCUT2D eigenvalue weighted by Gasteiger charge is 2.24. The molecule has 272 valence electrons. The summed E-state index contributed by atoms with van der Waals surface area (Å²) in [6.45, 7) is 5.84. The first kappa shape index (κ1) is 40.1. The number of hydrogen-bond donors (Lipinski definition) is 5. The Labute approximate surface area is 320 Å². The predicted molar refractivity (Wildman–Crippen MR) is 210 cm³/mol. The normalized spacial score (nSPS) is 12.2. The molecule has 4 aromatic heterocycles. The molecular formula is C33H35ClN10O4S4. The predicted octanol–water partition coefficient (Wildman–Crippen LogP) is 9.18. The number of amides is 3. The van der Waals surface area contributed by atoms with Crippen LogP contribution in [-0.2, 0) is 14.3 Å². The minimum Gasteiger partial charge on any atom is -0.444 e. The number of nitrogens with two attached hydrogens (primary N) is 1. The lowest BCUT2D eigenvalue weighted by Crippen LogP contribution is -2.37. The van der Waals surface area contributed by atoms with Gasteiger partial charge in [-0.3, -0.25) is 9.59 Å². The number of carbonyl (C=O) groups is 3. The van der Waals surface area contributed by atoms with E-state index in [1.807, 2.05) is 76.2 Å². The number of aromatic nitrogens is 2. The first-order valence-electron chi connectivity index (χ1n) is 15.4. The van der Waals surface area contributed by atoms with Crippen LogP contribution in [0.1, 0.15) is 43.7 Å². The van der Waals surface area contributed by atoms with Crippen LogP contribution >= 0.6 is 57.5 Å². The maximum atomic E-state index is 12.9. The summed E-state index contributed by atoms with van der Waals surface area (Å²) in [4.78, 5) is 37.2. The standard InChI is InChI=1S/C19H21N3O3S2.C14H13N3OS2.ClHN4/c1-19(2,3)25-18(24)20-10-15(13-6-7-26-11-13)17(23)22-14-5-4-12-9-21-27-16(12)8-14;15-6-12(10-3-4-19-8-10)14(18)17-11-2-1-9-7-16-20-13(9)5-11;1-3-5-4-2/h4-9,11,15H,10H2,1-3H3,(H,20,24)(H,22,23);1-5,7-8,12H,6,15H2,(H,17,18);2H. The summed E-state index contributed by atoms with van der Waals surface area (Å²) >= 11 is 10.4. The molecule has 6 aromatic rings. The number of rotatable bonds is 10. The lowest BCUT2D eigenvalue weighted by molar-refractivity contribution is -0.118. The number of hydrogen-bond acceptors (Lipinski definition) is 13. The van der Waals surface area contributed by atoms with Crippen LogP contribution in [0.4, 0.5) is 16.2 Å². The van der Waals surface area contributed by atoms with Crippen LogP contribution in [0.3, 0.4) is 0 Å². The largest absolute Gasteiger partial charge is 0.444 e. The summed E-state index contributed by atoms with van der Waals surface area (Å²) < 4.78 is 18.2. The summed E-state index contributed by atoms with van der Waals surface area (Å²) in [5.74, 6) is -1.08. The molecule has 0 saturated carbocycles. The second-order valence-electron chi connectivity index (χ2n) is 11.7. The summed E-state index contributed by atoms with van der Waals surface area (Å²) in [7, 11) is 0. The Kier molecular flexibility index (Phi) is 15.2. The Bertz CT molecular complexity index is 2080. The number of nitrogens with zero attached hydrogens (tertiary/aromatic N) is 5. The third-order valence-electron chi connectivity index (χ3n) is 6.94. The van der Waals surface area contributed by atoms with Gasteiger partial charge in [0, 0.05) is 47.6 Å². The van der Waals surface area contributed by atoms with Crippen molar-refractivity contribution in [1.82, 2.24) is 14.1 Å². The summed E-state index contributed by atoms with van der Waals surface area (Å²) in [6.07, 6.45) is 3.08. The Morgan fingerprint density at radius 3 is 1.81 bits per heavy atom. The molecule has 0 bridgehead atoms. The van der Waals surface area contributed by atoms with Crippen molar-refractivity contribution < 1.29 is 19.1 Å². The van der Waals surface area contributed by atoms with E-state index >= 15 is 0 Å². The zero-order valence-corrected chi connectivity index (χ0v) is 32.1. The molecule has 4 heterocycles. The molecule has 6 N–H and O–H groups in total. The van der Waals surface area contributed by atoms with Gasteiger partial charge in [0.2, 0.25) is 11.8 Å². The Morgan fingerprint density at radius 2 is 1.38 bits per heavy atom. The fourth-order valence-electron chi connectivity index (χ4n) is 4.55. The van der Waals surface area contributed by atoms with E-state index in [9.17, 15) is 14.4 Å². The topological polar surface area (TPSA) is 209 Å². The van der Waals surface area contributed by atoms with E-state index in [-0.39, 0.29) is 24.3 Å². The zero-order chi connectivity index (χ0) is 37.5. The molecule has 3 amide bonds. The first-order valence-corrected chi connectivity index (χ1v) is 19.2. The van der Waals surface area contributed by atoms with E-state index in [0.717, 1.165) is 37.0 Å². The fraction of sp³-hybridized carbons (Fsp3) is 0.242. The second kappa shape index (κ2) is 19.8. The Balaban J connectivity index is 0.000000213. The molecule has 0 aliphatic carbocycles. The van der Waals surface area contributed by atoms with Gasteiger partial charge >= 0.3 is 6.09 Å². The van der Waals surface area contributed by atoms with Crippen LogP contribution in [0.15, 0.2) is 97.5 Å².